The van der Waals surface area contributed by atoms with Crippen molar-refractivity contribution in [2.75, 3.05) is 19.8 Å². The van der Waals surface area contributed by atoms with E-state index in [4.69, 9.17) is 13.3 Å². The average Bonchev–Trinajstić information content (AvgIpc) is 2.71. The van der Waals surface area contributed by atoms with Crippen molar-refractivity contribution in [3.63, 3.8) is 0 Å². The van der Waals surface area contributed by atoms with Gasteiger partial charge in [-0.25, -0.2) is 0 Å². The largest absolute Gasteiger partial charge is 0.484 e. The second kappa shape index (κ2) is 11.0. The lowest BCUT2D eigenvalue weighted by atomic mass is 10.3. The van der Waals surface area contributed by atoms with Crippen LogP contribution in [0.15, 0.2) is 12.2 Å². The van der Waals surface area contributed by atoms with Crippen LogP contribution in [0, 0.1) is 0 Å². The fraction of sp³-hybridized carbons (Fsp3) is 0.727. The van der Waals surface area contributed by atoms with E-state index in [1.54, 1.807) is 6.08 Å². The molecule has 4 nitrogen and oxygen atoms in total. The van der Waals surface area contributed by atoms with Crippen molar-refractivity contribution >= 4 is 15.3 Å². The van der Waals surface area contributed by atoms with Crippen molar-refractivity contribution in [2.24, 2.45) is 0 Å². The maximum Gasteiger partial charge on any atom is 0.484 e. The molecule has 0 aromatic rings. The predicted octanol–water partition coefficient (Wildman–Crippen LogP) is 1.72. The molecule has 16 heavy (non-hydrogen) atoms. The van der Waals surface area contributed by atoms with Crippen LogP contribution in [-0.2, 0) is 18.1 Å². The molecule has 0 unspecified atom stereocenters. The van der Waals surface area contributed by atoms with Crippen LogP contribution in [0.1, 0.15) is 33.6 Å². The van der Waals surface area contributed by atoms with E-state index in [2.05, 4.69) is 0 Å². The Labute approximate surface area is 99.5 Å². The summed E-state index contributed by atoms with van der Waals surface area (Å²) in [7, 11) is -1.73. The smallest absolute Gasteiger partial charge is 0.376 e. The molecule has 0 aromatic heterocycles. The van der Waals surface area contributed by atoms with Gasteiger partial charge in [0.2, 0.25) is 0 Å². The first-order valence-electron chi connectivity index (χ1n) is 5.78. The summed E-state index contributed by atoms with van der Waals surface area (Å²) in [5.74, 6) is 0.273. The third kappa shape index (κ3) is 8.79. The number of hydrogen-bond donors (Lipinski definition) is 0. The van der Waals surface area contributed by atoms with E-state index in [0.717, 1.165) is 12.8 Å². The van der Waals surface area contributed by atoms with Crippen LogP contribution in [0.25, 0.3) is 0 Å². The second-order valence-corrected chi connectivity index (χ2v) is 4.64. The third-order valence-electron chi connectivity index (χ3n) is 1.77. The second-order valence-electron chi connectivity index (χ2n) is 3.06. The van der Waals surface area contributed by atoms with Gasteiger partial charge in [0, 0.05) is 26.2 Å². The normalized spacial score (nSPS) is 14.1. The number of ketones is 1. The molecule has 94 valence electrons. The summed E-state index contributed by atoms with van der Waals surface area (Å²) in [5.41, 5.74) is 0. The average molecular weight is 246 g/mol. The lowest BCUT2D eigenvalue weighted by Gasteiger charge is -2.12. The lowest BCUT2D eigenvalue weighted by molar-refractivity contribution is -0.114. The van der Waals surface area contributed by atoms with Crippen LogP contribution < -0.4 is 0 Å². The first-order valence-corrected chi connectivity index (χ1v) is 7.20. The molecule has 0 radical (unpaired) electrons. The van der Waals surface area contributed by atoms with Gasteiger partial charge in [0.05, 0.1) is 0 Å². The van der Waals surface area contributed by atoms with Crippen LogP contribution in [0.5, 0.6) is 0 Å². The Kier molecular flexibility index (Phi) is 10.7. The summed E-state index contributed by atoms with van der Waals surface area (Å²) in [6.45, 7) is 7.86. The Morgan fingerprint density at radius 1 is 1.12 bits per heavy atom. The quantitative estimate of drug-likeness (QED) is 0.669. The summed E-state index contributed by atoms with van der Waals surface area (Å²) >= 11 is 0. The van der Waals surface area contributed by atoms with Crippen LogP contribution in [0.4, 0.5) is 0 Å². The topological polar surface area (TPSA) is 44.8 Å². The van der Waals surface area contributed by atoms with Gasteiger partial charge in [-0.15, -0.1) is 0 Å². The van der Waals surface area contributed by atoms with Crippen molar-refractivity contribution < 1.29 is 18.1 Å². The Morgan fingerprint density at radius 2 is 1.62 bits per heavy atom. The molecule has 1 aliphatic carbocycles. The van der Waals surface area contributed by atoms with Crippen molar-refractivity contribution in [1.29, 1.82) is 0 Å². The standard InChI is InChI=1S/C6H16O3Si.C5H6O/c1-4-7-10(8-5-2)9-6-3;6-5-3-1-2-4-5/h10H,4-6H2,1-3H3;1,3H,2,4H2. The Balaban J connectivity index is 0.000000315. The monoisotopic (exact) mass is 246 g/mol. The molecule has 0 bridgehead atoms. The van der Waals surface area contributed by atoms with E-state index in [9.17, 15) is 4.79 Å². The zero-order chi connectivity index (χ0) is 12.2. The highest BCUT2D eigenvalue weighted by molar-refractivity contribution is 6.36. The minimum Gasteiger partial charge on any atom is -0.376 e. The molecule has 0 N–H and O–H groups in total. The van der Waals surface area contributed by atoms with Gasteiger partial charge in [-0.05, 0) is 33.3 Å². The maximum atomic E-state index is 10.2. The minimum atomic E-state index is -1.73. The summed E-state index contributed by atoms with van der Waals surface area (Å²) < 4.78 is 15.7. The SMILES string of the molecule is CCO[SiH](OCC)OCC.O=C1C=CCC1. The molecule has 5 heteroatoms. The first kappa shape index (κ1) is 15.5. The first-order chi connectivity index (χ1) is 7.74. The van der Waals surface area contributed by atoms with Crippen molar-refractivity contribution in [3.05, 3.63) is 12.2 Å². The molecule has 0 atom stereocenters. The molecule has 1 rings (SSSR count). The molecule has 0 saturated carbocycles. The zero-order valence-corrected chi connectivity index (χ0v) is 11.6. The van der Waals surface area contributed by atoms with Gasteiger partial charge in [0.15, 0.2) is 5.78 Å². The summed E-state index contributed by atoms with van der Waals surface area (Å²) in [5, 5.41) is 0. The maximum absolute atomic E-state index is 10.2. The highest BCUT2D eigenvalue weighted by Gasteiger charge is 2.11. The molecule has 0 aliphatic heterocycles. The molecule has 0 heterocycles. The molecule has 0 spiro atoms. The van der Waals surface area contributed by atoms with Gasteiger partial charge in [0.25, 0.3) is 0 Å². The van der Waals surface area contributed by atoms with Gasteiger partial charge in [-0.1, -0.05) is 6.08 Å². The van der Waals surface area contributed by atoms with Gasteiger partial charge in [-0.3, -0.25) is 4.79 Å². The van der Waals surface area contributed by atoms with Gasteiger partial charge < -0.3 is 13.3 Å². The highest BCUT2D eigenvalue weighted by atomic mass is 28.3. The molecule has 0 aromatic carbocycles. The summed E-state index contributed by atoms with van der Waals surface area (Å²) in [6.07, 6.45) is 5.24. The fourth-order valence-electron chi connectivity index (χ4n) is 1.08. The zero-order valence-electron chi connectivity index (χ0n) is 10.4. The summed E-state index contributed by atoms with van der Waals surface area (Å²) in [6, 6.07) is 0. The Hall–Kier alpha value is -0.493. The fourth-order valence-corrected chi connectivity index (χ4v) is 2.18. The molecular weight excluding hydrogens is 224 g/mol. The van der Waals surface area contributed by atoms with E-state index < -0.39 is 9.53 Å². The van der Waals surface area contributed by atoms with Crippen LogP contribution in [0.3, 0.4) is 0 Å². The number of rotatable bonds is 6. The molecule has 0 saturated heterocycles. The molecule has 0 amide bonds. The van der Waals surface area contributed by atoms with Gasteiger partial charge >= 0.3 is 9.53 Å². The number of allylic oxidation sites excluding steroid dienone is 2. The van der Waals surface area contributed by atoms with Crippen LogP contribution in [0.2, 0.25) is 0 Å². The Bertz CT molecular complexity index is 192. The van der Waals surface area contributed by atoms with E-state index in [1.165, 1.54) is 0 Å². The number of carbonyl (C=O) groups excluding carboxylic acids is 1. The van der Waals surface area contributed by atoms with E-state index >= 15 is 0 Å². The Morgan fingerprint density at radius 3 is 1.81 bits per heavy atom. The molecule has 1 aliphatic rings. The van der Waals surface area contributed by atoms with Crippen molar-refractivity contribution in [1.82, 2.24) is 0 Å². The lowest BCUT2D eigenvalue weighted by Crippen LogP contribution is -2.27. The van der Waals surface area contributed by atoms with E-state index in [0.29, 0.717) is 19.8 Å². The van der Waals surface area contributed by atoms with Crippen LogP contribution >= 0.6 is 0 Å². The molecule has 0 fully saturated rings. The highest BCUT2D eigenvalue weighted by Crippen LogP contribution is 2.01. The van der Waals surface area contributed by atoms with Crippen molar-refractivity contribution in [2.45, 2.75) is 33.6 Å². The van der Waals surface area contributed by atoms with Gasteiger partial charge in [-0.2, -0.15) is 0 Å². The van der Waals surface area contributed by atoms with E-state index in [-0.39, 0.29) is 5.78 Å². The van der Waals surface area contributed by atoms with Crippen LogP contribution in [-0.4, -0.2) is 35.1 Å². The van der Waals surface area contributed by atoms with Gasteiger partial charge in [0.1, 0.15) is 0 Å². The predicted molar refractivity (Wildman–Crippen MR) is 65.4 cm³/mol. The number of hydrogen-bond acceptors (Lipinski definition) is 4. The molecular formula is C11H22O4Si. The third-order valence-corrected chi connectivity index (χ3v) is 3.59. The van der Waals surface area contributed by atoms with Crippen molar-refractivity contribution in [3.8, 4) is 0 Å². The van der Waals surface area contributed by atoms with E-state index in [1.807, 2.05) is 26.8 Å². The minimum absolute atomic E-state index is 0.273. The summed E-state index contributed by atoms with van der Waals surface area (Å²) in [4.78, 5) is 10.2. The number of carbonyl (C=O) groups is 1.